The monoisotopic (exact) mass is 388 g/mol. The van der Waals surface area contributed by atoms with Crippen LogP contribution in [-0.2, 0) is 0 Å². The normalized spacial score (nSPS) is 11.3. The second-order valence-corrected chi connectivity index (χ2v) is 8.77. The summed E-state index contributed by atoms with van der Waals surface area (Å²) in [5, 5.41) is 10.5. The number of benzene rings is 1. The number of phenols is 1. The summed E-state index contributed by atoms with van der Waals surface area (Å²) in [6, 6.07) is 3.91. The van der Waals surface area contributed by atoms with Gasteiger partial charge in [0, 0.05) is 6.42 Å². The van der Waals surface area contributed by atoms with E-state index in [1.54, 1.807) is 0 Å². The molecule has 0 heterocycles. The second kappa shape index (κ2) is 14.7. The van der Waals surface area contributed by atoms with Crippen molar-refractivity contribution in [2.24, 2.45) is 0 Å². The summed E-state index contributed by atoms with van der Waals surface area (Å²) in [5.74, 6) is 0.527. The number of carbonyl (C=O) groups is 1. The maximum Gasteiger partial charge on any atom is 0.166 e. The smallest absolute Gasteiger partial charge is 0.166 e. The molecule has 0 amide bonds. The van der Waals surface area contributed by atoms with Gasteiger partial charge in [0.1, 0.15) is 5.75 Å². The van der Waals surface area contributed by atoms with E-state index in [2.05, 4.69) is 6.92 Å². The molecule has 1 rings (SSSR count). The van der Waals surface area contributed by atoms with Gasteiger partial charge in [0.15, 0.2) is 5.78 Å². The number of hydrogen-bond donors (Lipinski definition) is 1. The van der Waals surface area contributed by atoms with Crippen molar-refractivity contribution in [3.63, 3.8) is 0 Å². The van der Waals surface area contributed by atoms with Crippen LogP contribution in [0.1, 0.15) is 138 Å². The first-order chi connectivity index (χ1) is 13.5. The fourth-order valence-electron chi connectivity index (χ4n) is 3.95. The van der Waals surface area contributed by atoms with E-state index in [1.807, 2.05) is 32.9 Å². The van der Waals surface area contributed by atoms with E-state index in [-0.39, 0.29) is 17.5 Å². The minimum atomic E-state index is 0.0978. The lowest BCUT2D eigenvalue weighted by Gasteiger charge is -2.14. The van der Waals surface area contributed by atoms with Crippen LogP contribution in [0.3, 0.4) is 0 Å². The van der Waals surface area contributed by atoms with E-state index in [4.69, 9.17) is 0 Å². The van der Waals surface area contributed by atoms with E-state index < -0.39 is 0 Å². The first kappa shape index (κ1) is 24.7. The highest BCUT2D eigenvalue weighted by atomic mass is 16.3. The molecule has 0 aromatic heterocycles. The molecule has 0 saturated heterocycles. The zero-order valence-electron chi connectivity index (χ0n) is 19.0. The zero-order chi connectivity index (χ0) is 20.8. The fourth-order valence-corrected chi connectivity index (χ4v) is 3.95. The van der Waals surface area contributed by atoms with E-state index >= 15 is 0 Å². The number of aryl methyl sites for hydroxylation is 1. The summed E-state index contributed by atoms with van der Waals surface area (Å²) in [4.78, 5) is 12.6. The van der Waals surface area contributed by atoms with E-state index in [0.717, 1.165) is 24.0 Å². The molecular formula is C26H44O2. The Balaban J connectivity index is 2.14. The number of ketones is 1. The molecule has 0 radical (unpaired) electrons. The highest BCUT2D eigenvalue weighted by Crippen LogP contribution is 2.32. The molecule has 0 saturated carbocycles. The Morgan fingerprint density at radius 3 is 1.75 bits per heavy atom. The van der Waals surface area contributed by atoms with E-state index in [9.17, 15) is 9.90 Å². The van der Waals surface area contributed by atoms with Gasteiger partial charge in [0.2, 0.25) is 0 Å². The molecule has 0 fully saturated rings. The quantitative estimate of drug-likeness (QED) is 0.228. The van der Waals surface area contributed by atoms with Crippen LogP contribution in [0, 0.1) is 6.92 Å². The molecule has 2 nitrogen and oxygen atoms in total. The van der Waals surface area contributed by atoms with Gasteiger partial charge < -0.3 is 5.11 Å². The van der Waals surface area contributed by atoms with Gasteiger partial charge in [0.25, 0.3) is 0 Å². The van der Waals surface area contributed by atoms with Crippen LogP contribution >= 0.6 is 0 Å². The predicted molar refractivity (Wildman–Crippen MR) is 122 cm³/mol. The number of rotatable bonds is 16. The molecule has 0 spiro atoms. The van der Waals surface area contributed by atoms with Crippen LogP contribution in [0.4, 0.5) is 0 Å². The Bertz CT molecular complexity index is 560. The van der Waals surface area contributed by atoms with Crippen molar-refractivity contribution in [2.45, 2.75) is 124 Å². The van der Waals surface area contributed by atoms with Crippen LogP contribution in [0.2, 0.25) is 0 Å². The van der Waals surface area contributed by atoms with Gasteiger partial charge in [-0.05, 0) is 30.4 Å². The summed E-state index contributed by atoms with van der Waals surface area (Å²) in [7, 11) is 0. The highest BCUT2D eigenvalue weighted by Gasteiger charge is 2.18. The van der Waals surface area contributed by atoms with E-state index in [0.29, 0.717) is 12.0 Å². The van der Waals surface area contributed by atoms with Crippen molar-refractivity contribution in [1.82, 2.24) is 0 Å². The lowest BCUT2D eigenvalue weighted by Crippen LogP contribution is -2.05. The first-order valence-electron chi connectivity index (χ1n) is 11.8. The van der Waals surface area contributed by atoms with Crippen LogP contribution < -0.4 is 0 Å². The van der Waals surface area contributed by atoms with Gasteiger partial charge >= 0.3 is 0 Å². The van der Waals surface area contributed by atoms with Crippen molar-refractivity contribution in [2.75, 3.05) is 0 Å². The number of phenolic OH excluding ortho intramolecular Hbond substituents is 1. The van der Waals surface area contributed by atoms with Gasteiger partial charge in [-0.15, -0.1) is 0 Å². The second-order valence-electron chi connectivity index (χ2n) is 8.77. The Morgan fingerprint density at radius 2 is 1.29 bits per heavy atom. The first-order valence-corrected chi connectivity index (χ1v) is 11.8. The number of Topliss-reactive ketones (excluding diaryl/α,β-unsaturated/α-hetero) is 1. The highest BCUT2D eigenvalue weighted by molar-refractivity contribution is 6.00. The van der Waals surface area contributed by atoms with Crippen molar-refractivity contribution in [3.05, 3.63) is 28.8 Å². The van der Waals surface area contributed by atoms with Gasteiger partial charge in [-0.1, -0.05) is 110 Å². The average Bonchev–Trinajstić information content (AvgIpc) is 2.65. The third kappa shape index (κ3) is 9.26. The summed E-state index contributed by atoms with van der Waals surface area (Å²) >= 11 is 0. The largest absolute Gasteiger partial charge is 0.507 e. The predicted octanol–water partition coefficient (Wildman–Crippen LogP) is 8.49. The topological polar surface area (TPSA) is 37.3 Å². The minimum Gasteiger partial charge on any atom is -0.507 e. The molecule has 0 unspecified atom stereocenters. The maximum atomic E-state index is 12.6. The molecule has 1 N–H and O–H groups in total. The molecular weight excluding hydrogens is 344 g/mol. The van der Waals surface area contributed by atoms with Crippen LogP contribution in [0.25, 0.3) is 0 Å². The number of carbonyl (C=O) groups excluding carboxylic acids is 1. The summed E-state index contributed by atoms with van der Waals surface area (Å²) in [6.07, 6.45) is 17.5. The standard InChI is InChI=1S/C26H44O2/c1-5-6-7-8-9-10-11-12-13-14-15-16-17-18-24(27)25-22(4)19-20-23(21(2)3)26(25)28/h19-21,28H,5-18H2,1-4H3. The van der Waals surface area contributed by atoms with Crippen LogP contribution in [0.5, 0.6) is 5.75 Å². The molecule has 0 bridgehead atoms. The maximum absolute atomic E-state index is 12.6. The molecule has 0 aliphatic carbocycles. The molecule has 160 valence electrons. The molecule has 0 atom stereocenters. The lowest BCUT2D eigenvalue weighted by atomic mass is 9.92. The van der Waals surface area contributed by atoms with Crippen LogP contribution in [-0.4, -0.2) is 10.9 Å². The molecule has 28 heavy (non-hydrogen) atoms. The Labute approximate surface area is 174 Å². The van der Waals surface area contributed by atoms with Gasteiger partial charge in [-0.25, -0.2) is 0 Å². The fraction of sp³-hybridized carbons (Fsp3) is 0.731. The summed E-state index contributed by atoms with van der Waals surface area (Å²) < 4.78 is 0. The molecule has 0 aliphatic heterocycles. The molecule has 1 aromatic rings. The van der Waals surface area contributed by atoms with E-state index in [1.165, 1.54) is 70.6 Å². The summed E-state index contributed by atoms with van der Waals surface area (Å²) in [6.45, 7) is 8.28. The lowest BCUT2D eigenvalue weighted by molar-refractivity contribution is 0.0975. The Morgan fingerprint density at radius 1 is 0.821 bits per heavy atom. The van der Waals surface area contributed by atoms with Gasteiger partial charge in [0.05, 0.1) is 5.56 Å². The molecule has 2 heteroatoms. The van der Waals surface area contributed by atoms with Crippen molar-refractivity contribution >= 4 is 5.78 Å². The Kier molecular flexibility index (Phi) is 12.9. The third-order valence-corrected chi connectivity index (χ3v) is 5.83. The van der Waals surface area contributed by atoms with Crippen molar-refractivity contribution in [1.29, 1.82) is 0 Å². The number of unbranched alkanes of at least 4 members (excludes halogenated alkanes) is 12. The molecule has 0 aliphatic rings. The minimum absolute atomic E-state index is 0.0978. The van der Waals surface area contributed by atoms with Gasteiger partial charge in [-0.3, -0.25) is 4.79 Å². The van der Waals surface area contributed by atoms with Crippen LogP contribution in [0.15, 0.2) is 12.1 Å². The van der Waals surface area contributed by atoms with Gasteiger partial charge in [-0.2, -0.15) is 0 Å². The van der Waals surface area contributed by atoms with Crippen molar-refractivity contribution < 1.29 is 9.90 Å². The third-order valence-electron chi connectivity index (χ3n) is 5.83. The number of hydrogen-bond acceptors (Lipinski definition) is 2. The molecule has 1 aromatic carbocycles. The number of aromatic hydroxyl groups is 1. The SMILES string of the molecule is CCCCCCCCCCCCCCCC(=O)c1c(C)ccc(C(C)C)c1O. The summed E-state index contributed by atoms with van der Waals surface area (Å²) in [5.41, 5.74) is 2.31. The zero-order valence-corrected chi connectivity index (χ0v) is 19.0. The average molecular weight is 389 g/mol. The van der Waals surface area contributed by atoms with Crippen molar-refractivity contribution in [3.8, 4) is 5.75 Å². The Hall–Kier alpha value is -1.31.